The first-order chi connectivity index (χ1) is 15.2. The number of hydrogen-bond donors (Lipinski definition) is 4. The third kappa shape index (κ3) is 9.28. The molecule has 0 bridgehead atoms. The topological polar surface area (TPSA) is 152 Å². The maximum atomic E-state index is 11.9. The van der Waals surface area contributed by atoms with Gasteiger partial charge in [-0.3, -0.25) is 9.59 Å². The number of unbranched alkanes of at least 4 members (excludes halogenated alkanes) is 1. The SMILES string of the molecule is CC(C)(CNC(=O)CCCCO[N+](=O)[O-])NCC(O)COc1cccc2c1SCC(=O)N2. The number of nitrogens with zero attached hydrogens (tertiary/aromatic N) is 1. The van der Waals surface area contributed by atoms with E-state index in [0.717, 1.165) is 4.90 Å². The van der Waals surface area contributed by atoms with Crippen LogP contribution in [0.3, 0.4) is 0 Å². The lowest BCUT2D eigenvalue weighted by Crippen LogP contribution is -2.51. The van der Waals surface area contributed by atoms with Gasteiger partial charge in [0.15, 0.2) is 0 Å². The molecule has 12 heteroatoms. The van der Waals surface area contributed by atoms with Gasteiger partial charge in [0.2, 0.25) is 11.8 Å². The van der Waals surface area contributed by atoms with Crippen LogP contribution >= 0.6 is 11.8 Å². The molecule has 0 spiro atoms. The minimum absolute atomic E-state index is 0.0214. The van der Waals surface area contributed by atoms with Crippen molar-refractivity contribution in [3.63, 3.8) is 0 Å². The molecule has 178 valence electrons. The Labute approximate surface area is 190 Å². The van der Waals surface area contributed by atoms with E-state index in [4.69, 9.17) is 4.74 Å². The lowest BCUT2D eigenvalue weighted by molar-refractivity contribution is -0.757. The maximum absolute atomic E-state index is 11.9. The molecule has 0 saturated carbocycles. The largest absolute Gasteiger partial charge is 0.490 e. The van der Waals surface area contributed by atoms with Crippen LogP contribution < -0.4 is 20.7 Å². The second kappa shape index (κ2) is 12.5. The van der Waals surface area contributed by atoms with Gasteiger partial charge in [-0.2, -0.15) is 0 Å². The van der Waals surface area contributed by atoms with E-state index in [9.17, 15) is 24.8 Å². The number of carbonyl (C=O) groups excluding carboxylic acids is 2. The number of anilines is 1. The molecule has 1 aromatic carbocycles. The van der Waals surface area contributed by atoms with Crippen molar-refractivity contribution >= 4 is 29.3 Å². The van der Waals surface area contributed by atoms with E-state index in [-0.39, 0.29) is 38.0 Å². The first kappa shape index (κ1) is 25.7. The highest BCUT2D eigenvalue weighted by atomic mass is 32.2. The van der Waals surface area contributed by atoms with Crippen molar-refractivity contribution in [2.24, 2.45) is 0 Å². The zero-order valence-corrected chi connectivity index (χ0v) is 19.0. The Balaban J connectivity index is 1.66. The number of carbonyl (C=O) groups is 2. The summed E-state index contributed by atoms with van der Waals surface area (Å²) < 4.78 is 5.76. The molecular formula is C20H30N4O7S. The molecule has 1 heterocycles. The lowest BCUT2D eigenvalue weighted by atomic mass is 10.1. The van der Waals surface area contributed by atoms with Crippen LogP contribution in [0.4, 0.5) is 5.69 Å². The smallest absolute Gasteiger partial charge is 0.294 e. The molecule has 2 rings (SSSR count). The molecule has 0 aromatic heterocycles. The molecule has 2 amide bonds. The van der Waals surface area contributed by atoms with Gasteiger partial charge in [0.25, 0.3) is 5.09 Å². The zero-order chi connectivity index (χ0) is 23.6. The molecule has 1 aliphatic heterocycles. The van der Waals surface area contributed by atoms with E-state index in [1.54, 1.807) is 18.2 Å². The number of fused-ring (bicyclic) bond motifs is 1. The van der Waals surface area contributed by atoms with Crippen molar-refractivity contribution in [3.8, 4) is 5.75 Å². The zero-order valence-electron chi connectivity index (χ0n) is 18.2. The van der Waals surface area contributed by atoms with E-state index in [1.165, 1.54) is 11.8 Å². The predicted octanol–water partition coefficient (Wildman–Crippen LogP) is 1.33. The van der Waals surface area contributed by atoms with E-state index >= 15 is 0 Å². The average molecular weight is 471 g/mol. The lowest BCUT2D eigenvalue weighted by Gasteiger charge is -2.28. The van der Waals surface area contributed by atoms with Crippen molar-refractivity contribution in [3.05, 3.63) is 28.3 Å². The molecular weight excluding hydrogens is 440 g/mol. The molecule has 0 fully saturated rings. The van der Waals surface area contributed by atoms with Crippen LogP contribution in [0.15, 0.2) is 23.1 Å². The van der Waals surface area contributed by atoms with Crippen LogP contribution in [0, 0.1) is 10.1 Å². The van der Waals surface area contributed by atoms with E-state index in [1.807, 2.05) is 13.8 Å². The molecule has 4 N–H and O–H groups in total. The molecule has 0 saturated heterocycles. The van der Waals surface area contributed by atoms with Crippen LogP contribution in [0.5, 0.6) is 5.75 Å². The second-order valence-electron chi connectivity index (χ2n) is 7.99. The number of ether oxygens (including phenoxy) is 1. The number of nitrogens with one attached hydrogen (secondary N) is 3. The Hall–Kier alpha value is -2.57. The Bertz CT molecular complexity index is 806. The van der Waals surface area contributed by atoms with E-state index in [2.05, 4.69) is 20.8 Å². The minimum atomic E-state index is -0.848. The summed E-state index contributed by atoms with van der Waals surface area (Å²) in [6.07, 6.45) is 0.408. The number of amides is 2. The third-order valence-electron chi connectivity index (χ3n) is 4.57. The van der Waals surface area contributed by atoms with Crippen LogP contribution in [0.2, 0.25) is 0 Å². The fourth-order valence-corrected chi connectivity index (χ4v) is 3.73. The van der Waals surface area contributed by atoms with Crippen LogP contribution in [0.25, 0.3) is 0 Å². The van der Waals surface area contributed by atoms with Crippen LogP contribution in [0.1, 0.15) is 33.1 Å². The highest BCUT2D eigenvalue weighted by Crippen LogP contribution is 2.38. The molecule has 1 atom stereocenters. The van der Waals surface area contributed by atoms with Gasteiger partial charge < -0.3 is 30.6 Å². The Morgan fingerprint density at radius 2 is 2.19 bits per heavy atom. The summed E-state index contributed by atoms with van der Waals surface area (Å²) in [6.45, 7) is 4.48. The molecule has 32 heavy (non-hydrogen) atoms. The van der Waals surface area contributed by atoms with Crippen molar-refractivity contribution in [1.29, 1.82) is 0 Å². The highest BCUT2D eigenvalue weighted by Gasteiger charge is 2.22. The molecule has 1 unspecified atom stereocenters. The van der Waals surface area contributed by atoms with Gasteiger partial charge in [-0.15, -0.1) is 21.9 Å². The monoisotopic (exact) mass is 470 g/mol. The Kier molecular flexibility index (Phi) is 10.0. The van der Waals surface area contributed by atoms with Gasteiger partial charge in [-0.1, -0.05) is 6.07 Å². The third-order valence-corrected chi connectivity index (χ3v) is 5.69. The number of rotatable bonds is 14. The van der Waals surface area contributed by atoms with Crippen molar-refractivity contribution < 1.29 is 29.4 Å². The fraction of sp³-hybridized carbons (Fsp3) is 0.600. The Morgan fingerprint density at radius 3 is 2.94 bits per heavy atom. The van der Waals surface area contributed by atoms with Crippen molar-refractivity contribution in [1.82, 2.24) is 10.6 Å². The summed E-state index contributed by atoms with van der Waals surface area (Å²) in [7, 11) is 0. The van der Waals surface area contributed by atoms with Gasteiger partial charge in [-0.05, 0) is 38.8 Å². The summed E-state index contributed by atoms with van der Waals surface area (Å²) >= 11 is 1.40. The van der Waals surface area contributed by atoms with Gasteiger partial charge >= 0.3 is 0 Å². The van der Waals surface area contributed by atoms with Gasteiger partial charge in [0.1, 0.15) is 18.5 Å². The Morgan fingerprint density at radius 1 is 1.41 bits per heavy atom. The van der Waals surface area contributed by atoms with Gasteiger partial charge in [0, 0.05) is 25.0 Å². The standard InChI is InChI=1S/C20H30N4O7S/c1-20(2,13-21-17(26)8-3-4-9-31-24(28)29)22-10-14(25)11-30-16-7-5-6-15-19(16)32-12-18(27)23-15/h5-7,14,22,25H,3-4,8-13H2,1-2H3,(H,21,26)(H,23,27). The minimum Gasteiger partial charge on any atom is -0.490 e. The van der Waals surface area contributed by atoms with E-state index < -0.39 is 16.7 Å². The molecule has 1 aromatic rings. The molecule has 0 aliphatic carbocycles. The van der Waals surface area contributed by atoms with Gasteiger partial charge in [-0.25, -0.2) is 0 Å². The number of β-amino-alcohol motifs (C(OH)–C–C–N with tert-alkyl or cyclic N) is 1. The van der Waals surface area contributed by atoms with E-state index in [0.29, 0.717) is 36.6 Å². The molecule has 0 radical (unpaired) electrons. The second-order valence-corrected chi connectivity index (χ2v) is 8.98. The van der Waals surface area contributed by atoms with Crippen molar-refractivity contribution in [2.75, 3.05) is 37.4 Å². The van der Waals surface area contributed by atoms with Crippen molar-refractivity contribution in [2.45, 2.75) is 49.6 Å². The van der Waals surface area contributed by atoms with Crippen LogP contribution in [-0.2, 0) is 14.4 Å². The van der Waals surface area contributed by atoms with Crippen LogP contribution in [-0.4, -0.2) is 65.7 Å². The first-order valence-corrected chi connectivity index (χ1v) is 11.3. The quantitative estimate of drug-likeness (QED) is 0.179. The molecule has 11 nitrogen and oxygen atoms in total. The number of aliphatic hydroxyl groups is 1. The summed E-state index contributed by atoms with van der Waals surface area (Å²) in [4.78, 5) is 38.5. The number of hydrogen-bond acceptors (Lipinski definition) is 9. The molecule has 1 aliphatic rings. The summed E-state index contributed by atoms with van der Waals surface area (Å²) in [5, 5.41) is 28.3. The fourth-order valence-electron chi connectivity index (χ4n) is 2.84. The summed E-state index contributed by atoms with van der Waals surface area (Å²) in [5.74, 6) is 0.733. The number of aliphatic hydroxyl groups excluding tert-OH is 1. The highest BCUT2D eigenvalue weighted by molar-refractivity contribution is 8.00. The predicted molar refractivity (Wildman–Crippen MR) is 119 cm³/mol. The average Bonchev–Trinajstić information content (AvgIpc) is 2.74. The number of thioether (sulfide) groups is 1. The first-order valence-electron chi connectivity index (χ1n) is 10.3. The normalized spacial score (nSPS) is 14.2. The summed E-state index contributed by atoms with van der Waals surface area (Å²) in [6, 6.07) is 5.39. The maximum Gasteiger partial charge on any atom is 0.294 e. The number of benzene rings is 1. The van der Waals surface area contributed by atoms with Gasteiger partial charge in [0.05, 0.1) is 22.9 Å². The summed E-state index contributed by atoms with van der Waals surface area (Å²) in [5.41, 5.74) is 0.246.